The number of alkyl halides is 3. The normalized spacial score (nSPS) is 13.7. The fourth-order valence-corrected chi connectivity index (χ4v) is 3.68. The van der Waals surface area contributed by atoms with Gasteiger partial charge >= 0.3 is 6.36 Å². The number of halogens is 3. The van der Waals surface area contributed by atoms with Gasteiger partial charge < -0.3 is 20.1 Å². The molecule has 2 aromatic heterocycles. The largest absolute Gasteiger partial charge is 0.573 e. The summed E-state index contributed by atoms with van der Waals surface area (Å²) >= 11 is 0. The number of H-pyrrole nitrogens is 1. The maximum Gasteiger partial charge on any atom is 0.573 e. The first-order chi connectivity index (χ1) is 18.7. The summed E-state index contributed by atoms with van der Waals surface area (Å²) in [5.74, 6) is -2.09. The minimum absolute atomic E-state index is 0.197. The van der Waals surface area contributed by atoms with E-state index in [4.69, 9.17) is 8.85 Å². The van der Waals surface area contributed by atoms with Crippen molar-refractivity contribution in [2.24, 2.45) is 0 Å². The van der Waals surface area contributed by atoms with Gasteiger partial charge in [-0.25, -0.2) is 4.98 Å². The van der Waals surface area contributed by atoms with Crippen LogP contribution in [-0.2, 0) is 0 Å². The van der Waals surface area contributed by atoms with E-state index in [1.54, 1.807) is 18.2 Å². The van der Waals surface area contributed by atoms with E-state index in [1.165, 1.54) is 38.4 Å². The van der Waals surface area contributed by atoms with Crippen LogP contribution in [0.5, 0.6) is 11.6 Å². The van der Waals surface area contributed by atoms with Crippen LogP contribution in [-0.4, -0.2) is 47.4 Å². The molecule has 4 rings (SSSR count). The Kier molecular flexibility index (Phi) is 5.95. The van der Waals surface area contributed by atoms with E-state index in [-0.39, 0.29) is 17.2 Å². The standard InChI is InChI=1S/C25H22F3N5O4/c1-13(14-5-4-6-17(9-14)37-25(26,27)28)31-22(34)19-10-16(12-30-24(19)36-3)15-7-8-18-20(11-15)32-33-21(18)23(35)29-2/h4-13H,1-3H3,(H,29,35)(H,31,34)(H,32,33)/t13-/m1/s1/i3D3. The molecule has 0 fully saturated rings. The van der Waals surface area contributed by atoms with Crippen molar-refractivity contribution in [2.45, 2.75) is 19.3 Å². The highest BCUT2D eigenvalue weighted by atomic mass is 19.4. The van der Waals surface area contributed by atoms with E-state index in [1.807, 2.05) is 0 Å². The highest BCUT2D eigenvalue weighted by molar-refractivity contribution is 6.05. The molecule has 192 valence electrons. The molecule has 0 saturated heterocycles. The summed E-state index contributed by atoms with van der Waals surface area (Å²) < 4.78 is 69.0. The van der Waals surface area contributed by atoms with Gasteiger partial charge in [0.2, 0.25) is 5.88 Å². The number of aromatic nitrogens is 3. The topological polar surface area (TPSA) is 118 Å². The zero-order valence-corrected chi connectivity index (χ0v) is 19.4. The molecule has 1 atom stereocenters. The third-order valence-electron chi connectivity index (χ3n) is 5.47. The lowest BCUT2D eigenvalue weighted by Crippen LogP contribution is -2.27. The highest BCUT2D eigenvalue weighted by Crippen LogP contribution is 2.29. The molecular formula is C25H22F3N5O4. The lowest BCUT2D eigenvalue weighted by molar-refractivity contribution is -0.274. The zero-order chi connectivity index (χ0) is 29.2. The molecule has 3 N–H and O–H groups in total. The zero-order valence-electron chi connectivity index (χ0n) is 22.4. The summed E-state index contributed by atoms with van der Waals surface area (Å²) in [4.78, 5) is 29.3. The van der Waals surface area contributed by atoms with Gasteiger partial charge in [-0.15, -0.1) is 13.2 Å². The molecule has 2 amide bonds. The predicted octanol–water partition coefficient (Wildman–Crippen LogP) is 4.38. The van der Waals surface area contributed by atoms with Crippen LogP contribution in [0.3, 0.4) is 0 Å². The molecule has 0 aliphatic rings. The number of ether oxygens (including phenoxy) is 2. The van der Waals surface area contributed by atoms with Crippen LogP contribution >= 0.6 is 0 Å². The van der Waals surface area contributed by atoms with Crippen LogP contribution in [0, 0.1) is 0 Å². The SMILES string of the molecule is [2H]C([2H])([2H])Oc1ncc(-c2ccc3c(C(=O)NC)n[nH]c3c2)cc1C(=O)N[C@H](C)c1cccc(OC(F)(F)F)c1. The van der Waals surface area contributed by atoms with E-state index in [2.05, 4.69) is 30.6 Å². The van der Waals surface area contributed by atoms with Crippen molar-refractivity contribution in [3.63, 3.8) is 0 Å². The van der Waals surface area contributed by atoms with Crippen molar-refractivity contribution >= 4 is 22.7 Å². The van der Waals surface area contributed by atoms with Crippen molar-refractivity contribution < 1.29 is 36.3 Å². The van der Waals surface area contributed by atoms with Crippen LogP contribution in [0.4, 0.5) is 13.2 Å². The third-order valence-corrected chi connectivity index (χ3v) is 5.47. The monoisotopic (exact) mass is 516 g/mol. The Hall–Kier alpha value is -4.61. The smallest absolute Gasteiger partial charge is 0.480 e. The molecule has 0 radical (unpaired) electrons. The number of nitrogens with zero attached hydrogens (tertiary/aromatic N) is 2. The number of hydrogen-bond acceptors (Lipinski definition) is 6. The first kappa shape index (κ1) is 21.7. The summed E-state index contributed by atoms with van der Waals surface area (Å²) in [6.45, 7) is 1.53. The molecule has 9 nitrogen and oxygen atoms in total. The van der Waals surface area contributed by atoms with E-state index < -0.39 is 37.0 Å². The summed E-state index contributed by atoms with van der Waals surface area (Å²) in [6.07, 6.45) is -3.57. The molecule has 2 aromatic carbocycles. The molecule has 12 heteroatoms. The number of amides is 2. The number of rotatable bonds is 7. The van der Waals surface area contributed by atoms with E-state index >= 15 is 0 Å². The van der Waals surface area contributed by atoms with Gasteiger partial charge in [-0.2, -0.15) is 5.10 Å². The van der Waals surface area contributed by atoms with Crippen molar-refractivity contribution in [3.8, 4) is 22.8 Å². The summed E-state index contributed by atoms with van der Waals surface area (Å²) in [5, 5.41) is 12.5. The molecule has 37 heavy (non-hydrogen) atoms. The molecule has 0 aliphatic heterocycles. The Bertz CT molecular complexity index is 1570. The van der Waals surface area contributed by atoms with Gasteiger partial charge in [-0.3, -0.25) is 14.7 Å². The van der Waals surface area contributed by atoms with Crippen LogP contribution in [0.15, 0.2) is 54.7 Å². The Morgan fingerprint density at radius 2 is 1.92 bits per heavy atom. The van der Waals surface area contributed by atoms with Crippen molar-refractivity contribution in [3.05, 3.63) is 71.5 Å². The third kappa shape index (κ3) is 5.63. The van der Waals surface area contributed by atoms with Crippen LogP contribution < -0.4 is 20.1 Å². The first-order valence-electron chi connectivity index (χ1n) is 12.3. The number of carbonyl (C=O) groups is 2. The molecule has 0 spiro atoms. The molecule has 4 aromatic rings. The molecule has 0 unspecified atom stereocenters. The Labute approximate surface area is 213 Å². The summed E-state index contributed by atoms with van der Waals surface area (Å²) in [6, 6.07) is 10.6. The Morgan fingerprint density at radius 1 is 1.11 bits per heavy atom. The molecular weight excluding hydrogens is 491 g/mol. The minimum Gasteiger partial charge on any atom is -0.480 e. The molecule has 0 saturated carbocycles. The number of carbonyl (C=O) groups excluding carboxylic acids is 2. The van der Waals surface area contributed by atoms with Gasteiger partial charge in [-0.1, -0.05) is 18.2 Å². The fraction of sp³-hybridized carbons (Fsp3) is 0.200. The van der Waals surface area contributed by atoms with Gasteiger partial charge in [0.25, 0.3) is 11.8 Å². The van der Waals surface area contributed by atoms with E-state index in [0.29, 0.717) is 27.6 Å². The lowest BCUT2D eigenvalue weighted by Gasteiger charge is -2.17. The molecule has 0 bridgehead atoms. The maximum absolute atomic E-state index is 13.3. The highest BCUT2D eigenvalue weighted by Gasteiger charge is 2.31. The van der Waals surface area contributed by atoms with Crippen molar-refractivity contribution in [1.29, 1.82) is 0 Å². The minimum atomic E-state index is -4.89. The van der Waals surface area contributed by atoms with Crippen LogP contribution in [0.25, 0.3) is 22.0 Å². The second-order valence-electron chi connectivity index (χ2n) is 7.91. The van der Waals surface area contributed by atoms with Gasteiger partial charge in [0.1, 0.15) is 11.3 Å². The average molecular weight is 516 g/mol. The van der Waals surface area contributed by atoms with Gasteiger partial charge in [0.15, 0.2) is 5.69 Å². The van der Waals surface area contributed by atoms with E-state index in [9.17, 15) is 22.8 Å². The number of hydrogen-bond donors (Lipinski definition) is 3. The van der Waals surface area contributed by atoms with Crippen LogP contribution in [0.1, 0.15) is 43.5 Å². The van der Waals surface area contributed by atoms with Gasteiger partial charge in [0.05, 0.1) is 22.7 Å². The number of methoxy groups -OCH3 is 1. The Morgan fingerprint density at radius 3 is 2.65 bits per heavy atom. The lowest BCUT2D eigenvalue weighted by atomic mass is 10.0. The summed E-state index contributed by atoms with van der Waals surface area (Å²) in [7, 11) is -1.43. The molecule has 0 aliphatic carbocycles. The predicted molar refractivity (Wildman–Crippen MR) is 128 cm³/mol. The van der Waals surface area contributed by atoms with Gasteiger partial charge in [-0.05, 0) is 48.4 Å². The first-order valence-corrected chi connectivity index (χ1v) is 10.8. The number of pyridine rings is 1. The fourth-order valence-electron chi connectivity index (χ4n) is 3.68. The molecule has 2 heterocycles. The number of aromatic amines is 1. The number of fused-ring (bicyclic) bond motifs is 1. The second kappa shape index (κ2) is 10.2. The number of nitrogens with one attached hydrogen (secondary N) is 3. The van der Waals surface area contributed by atoms with E-state index in [0.717, 1.165) is 12.1 Å². The van der Waals surface area contributed by atoms with Gasteiger partial charge in [0, 0.05) is 24.2 Å². The Balaban J connectivity index is 1.66. The number of benzene rings is 2. The quantitative estimate of drug-likeness (QED) is 0.336. The van der Waals surface area contributed by atoms with Crippen molar-refractivity contribution in [1.82, 2.24) is 25.8 Å². The second-order valence-corrected chi connectivity index (χ2v) is 7.91. The summed E-state index contributed by atoms with van der Waals surface area (Å²) in [5.41, 5.74) is 1.77. The van der Waals surface area contributed by atoms with Crippen molar-refractivity contribution in [2.75, 3.05) is 14.1 Å². The average Bonchev–Trinajstić information content (AvgIpc) is 3.30. The maximum atomic E-state index is 13.3. The van der Waals surface area contributed by atoms with Crippen LogP contribution in [0.2, 0.25) is 0 Å².